The summed E-state index contributed by atoms with van der Waals surface area (Å²) in [4.78, 5) is 25.1. The summed E-state index contributed by atoms with van der Waals surface area (Å²) in [6.07, 6.45) is 1.56. The summed E-state index contributed by atoms with van der Waals surface area (Å²) in [6.45, 7) is 3.31. The van der Waals surface area contributed by atoms with Gasteiger partial charge in [0.25, 0.3) is 5.91 Å². The first-order valence-electron chi connectivity index (χ1n) is 11.2. The molecule has 3 N–H and O–H groups in total. The van der Waals surface area contributed by atoms with Crippen LogP contribution < -0.4 is 19.7 Å². The quantitative estimate of drug-likeness (QED) is 0.390. The molecule has 0 radical (unpaired) electrons. The average molecular weight is 480 g/mol. The molecule has 10 nitrogen and oxygen atoms in total. The summed E-state index contributed by atoms with van der Waals surface area (Å²) in [6, 6.07) is 7.94. The maximum absolute atomic E-state index is 14.4. The van der Waals surface area contributed by atoms with E-state index < -0.39 is 11.7 Å². The van der Waals surface area contributed by atoms with Gasteiger partial charge in [0.2, 0.25) is 0 Å². The third-order valence-corrected chi connectivity index (χ3v) is 6.11. The number of piperazine rings is 1. The first-order valence-corrected chi connectivity index (χ1v) is 11.2. The summed E-state index contributed by atoms with van der Waals surface area (Å²) in [5, 5.41) is 9.83. The molecule has 1 fully saturated rings. The lowest BCUT2D eigenvalue weighted by atomic mass is 10.1. The number of imidazole rings is 1. The van der Waals surface area contributed by atoms with Gasteiger partial charge >= 0.3 is 0 Å². The Balaban J connectivity index is 1.40. The normalized spacial score (nSPS) is 14.3. The van der Waals surface area contributed by atoms with Crippen LogP contribution in [0.1, 0.15) is 10.4 Å². The zero-order valence-corrected chi connectivity index (χ0v) is 19.7. The SMILES string of the molecule is COc1cc2nc(-c3n[nH]cc3NC(=O)c3cc(F)cc(N4CCN(C)CC4)c3)[nH]c2cc1OC. The lowest BCUT2D eigenvalue weighted by Crippen LogP contribution is -2.44. The number of methoxy groups -OCH3 is 2. The molecule has 0 bridgehead atoms. The Hall–Kier alpha value is -4.12. The lowest BCUT2D eigenvalue weighted by Gasteiger charge is -2.34. The van der Waals surface area contributed by atoms with Crippen LogP contribution in [0.15, 0.2) is 36.5 Å². The van der Waals surface area contributed by atoms with Crippen molar-refractivity contribution in [3.63, 3.8) is 0 Å². The highest BCUT2D eigenvalue weighted by Gasteiger charge is 2.20. The van der Waals surface area contributed by atoms with Crippen LogP contribution in [0.4, 0.5) is 15.8 Å². The number of halogens is 1. The van der Waals surface area contributed by atoms with Crippen LogP contribution in [0.3, 0.4) is 0 Å². The molecule has 0 spiro atoms. The molecular formula is C24H26FN7O3. The number of carbonyl (C=O) groups is 1. The highest BCUT2D eigenvalue weighted by Crippen LogP contribution is 2.33. The van der Waals surface area contributed by atoms with Gasteiger partial charge in [-0.25, -0.2) is 9.37 Å². The van der Waals surface area contributed by atoms with Gasteiger partial charge in [-0.2, -0.15) is 5.10 Å². The van der Waals surface area contributed by atoms with Crippen LogP contribution in [0, 0.1) is 5.82 Å². The van der Waals surface area contributed by atoms with Crippen molar-refractivity contribution in [1.29, 1.82) is 0 Å². The number of ether oxygens (including phenoxy) is 2. The lowest BCUT2D eigenvalue weighted by molar-refractivity contribution is 0.102. The Morgan fingerprint density at radius 2 is 1.80 bits per heavy atom. The maximum Gasteiger partial charge on any atom is 0.255 e. The topological polar surface area (TPSA) is 111 Å². The molecule has 1 aliphatic heterocycles. The molecule has 35 heavy (non-hydrogen) atoms. The number of carbonyl (C=O) groups excluding carboxylic acids is 1. The third kappa shape index (κ3) is 4.50. The van der Waals surface area contributed by atoms with Gasteiger partial charge in [-0.05, 0) is 25.2 Å². The summed E-state index contributed by atoms with van der Waals surface area (Å²) < 4.78 is 25.1. The van der Waals surface area contributed by atoms with Gasteiger partial charge in [0.15, 0.2) is 23.0 Å². The molecule has 0 unspecified atom stereocenters. The zero-order chi connectivity index (χ0) is 24.5. The maximum atomic E-state index is 14.4. The van der Waals surface area contributed by atoms with Crippen molar-refractivity contribution in [2.75, 3.05) is 57.7 Å². The van der Waals surface area contributed by atoms with E-state index in [9.17, 15) is 9.18 Å². The largest absolute Gasteiger partial charge is 0.493 e. The molecule has 0 atom stereocenters. The number of H-pyrrole nitrogens is 2. The molecule has 0 saturated carbocycles. The fourth-order valence-electron chi connectivity index (χ4n) is 4.16. The number of likely N-dealkylation sites (N-methyl/N-ethyl adjacent to an activating group) is 1. The van der Waals surface area contributed by atoms with Crippen molar-refractivity contribution in [2.24, 2.45) is 0 Å². The summed E-state index contributed by atoms with van der Waals surface area (Å²) in [5.41, 5.74) is 3.13. The highest BCUT2D eigenvalue weighted by molar-refractivity contribution is 6.06. The molecule has 1 saturated heterocycles. The van der Waals surface area contributed by atoms with E-state index >= 15 is 0 Å². The van der Waals surface area contributed by atoms with Crippen molar-refractivity contribution < 1.29 is 18.7 Å². The molecule has 2 aromatic heterocycles. The highest BCUT2D eigenvalue weighted by atomic mass is 19.1. The number of nitrogens with one attached hydrogen (secondary N) is 3. The van der Waals surface area contributed by atoms with Gasteiger partial charge in [0, 0.05) is 55.8 Å². The van der Waals surface area contributed by atoms with E-state index in [4.69, 9.17) is 9.47 Å². The van der Waals surface area contributed by atoms with E-state index in [1.807, 2.05) is 0 Å². The van der Waals surface area contributed by atoms with Gasteiger partial charge in [0.05, 0.1) is 30.9 Å². The number of nitrogens with zero attached hydrogens (tertiary/aromatic N) is 4. The molecule has 5 rings (SSSR count). The van der Waals surface area contributed by atoms with Crippen LogP contribution >= 0.6 is 0 Å². The number of amides is 1. The number of aromatic nitrogens is 4. The van der Waals surface area contributed by atoms with E-state index in [2.05, 4.69) is 42.3 Å². The van der Waals surface area contributed by atoms with E-state index in [0.29, 0.717) is 39.9 Å². The standard InChI is InChI=1S/C24H26FN7O3/c1-31-4-6-32(7-5-31)16-9-14(8-15(25)10-16)24(33)29-19-13-26-30-22(19)23-27-17-11-20(34-2)21(35-3)12-18(17)28-23/h8-13H,4-7H2,1-3H3,(H,26,30)(H,27,28)(H,29,33). The van der Waals surface area contributed by atoms with Crippen molar-refractivity contribution in [2.45, 2.75) is 0 Å². The first-order chi connectivity index (χ1) is 16.9. The van der Waals surface area contributed by atoms with Crippen LogP contribution in [-0.2, 0) is 0 Å². The number of hydrogen-bond acceptors (Lipinski definition) is 7. The second-order valence-electron chi connectivity index (χ2n) is 8.40. The number of hydrogen-bond donors (Lipinski definition) is 3. The van der Waals surface area contributed by atoms with Crippen LogP contribution in [0.5, 0.6) is 11.5 Å². The second-order valence-corrected chi connectivity index (χ2v) is 8.40. The molecule has 2 aromatic carbocycles. The first kappa shape index (κ1) is 22.7. The van der Waals surface area contributed by atoms with Crippen molar-refractivity contribution in [1.82, 2.24) is 25.1 Å². The molecule has 1 aliphatic rings. The van der Waals surface area contributed by atoms with Gasteiger partial charge in [-0.15, -0.1) is 0 Å². The van der Waals surface area contributed by atoms with Crippen molar-refractivity contribution in [3.05, 3.63) is 47.9 Å². The van der Waals surface area contributed by atoms with Crippen LogP contribution in [0.2, 0.25) is 0 Å². The second kappa shape index (κ2) is 9.26. The molecular weight excluding hydrogens is 453 g/mol. The molecule has 11 heteroatoms. The Kier molecular flexibility index (Phi) is 6.00. The van der Waals surface area contributed by atoms with E-state index in [-0.39, 0.29) is 5.56 Å². The minimum Gasteiger partial charge on any atom is -0.493 e. The Morgan fingerprint density at radius 1 is 1.06 bits per heavy atom. The van der Waals surface area contributed by atoms with E-state index in [0.717, 1.165) is 31.7 Å². The summed E-state index contributed by atoms with van der Waals surface area (Å²) in [7, 11) is 5.17. The van der Waals surface area contributed by atoms with Gasteiger partial charge in [0.1, 0.15) is 5.82 Å². The number of benzene rings is 2. The van der Waals surface area contributed by atoms with Crippen LogP contribution in [0.25, 0.3) is 22.6 Å². The predicted octanol–water partition coefficient (Wildman–Crippen LogP) is 3.11. The zero-order valence-electron chi connectivity index (χ0n) is 19.7. The average Bonchev–Trinajstić information content (AvgIpc) is 3.49. The number of aromatic amines is 2. The van der Waals surface area contributed by atoms with Gasteiger partial charge < -0.3 is 29.6 Å². The van der Waals surface area contributed by atoms with Gasteiger partial charge in [-0.1, -0.05) is 0 Å². The summed E-state index contributed by atoms with van der Waals surface area (Å²) in [5.74, 6) is 0.661. The third-order valence-electron chi connectivity index (χ3n) is 6.11. The smallest absolute Gasteiger partial charge is 0.255 e. The van der Waals surface area contributed by atoms with E-state index in [1.54, 1.807) is 38.6 Å². The molecule has 4 aromatic rings. The van der Waals surface area contributed by atoms with E-state index in [1.165, 1.54) is 12.1 Å². The number of anilines is 2. The molecule has 182 valence electrons. The molecule has 1 amide bonds. The molecule has 0 aliphatic carbocycles. The van der Waals surface area contributed by atoms with Crippen molar-refractivity contribution in [3.8, 4) is 23.0 Å². The predicted molar refractivity (Wildman–Crippen MR) is 131 cm³/mol. The minimum absolute atomic E-state index is 0.227. The van der Waals surface area contributed by atoms with Crippen LogP contribution in [-0.4, -0.2) is 78.4 Å². The fraction of sp³-hybridized carbons (Fsp3) is 0.292. The number of rotatable bonds is 6. The Bertz CT molecular complexity index is 1330. The van der Waals surface area contributed by atoms with Crippen molar-refractivity contribution >= 4 is 28.3 Å². The number of fused-ring (bicyclic) bond motifs is 1. The Labute approximate surface area is 201 Å². The fourth-order valence-corrected chi connectivity index (χ4v) is 4.16. The Morgan fingerprint density at radius 3 is 2.54 bits per heavy atom. The van der Waals surface area contributed by atoms with Gasteiger partial charge in [-0.3, -0.25) is 9.89 Å². The summed E-state index contributed by atoms with van der Waals surface area (Å²) >= 11 is 0. The molecule has 3 heterocycles. The minimum atomic E-state index is -0.459. The monoisotopic (exact) mass is 479 g/mol.